The van der Waals surface area contributed by atoms with Crippen molar-refractivity contribution >= 4 is 15.9 Å². The standard InChI is InChI=1S/C12H17FN2O4S/c1-9-5-10(13)7-11(6-9)20(17,18)15-8-12(16)14-3-4-19-2/h5-7,15H,3-4,8H2,1-2H3,(H,14,16). The zero-order chi connectivity index (χ0) is 15.2. The number of ether oxygens (including phenoxy) is 1. The molecule has 0 spiro atoms. The second-order valence-corrected chi connectivity index (χ2v) is 5.90. The molecule has 1 amide bonds. The highest BCUT2D eigenvalue weighted by molar-refractivity contribution is 7.89. The van der Waals surface area contributed by atoms with Crippen molar-refractivity contribution in [3.63, 3.8) is 0 Å². The molecule has 1 aromatic rings. The van der Waals surface area contributed by atoms with Gasteiger partial charge in [-0.3, -0.25) is 4.79 Å². The summed E-state index contributed by atoms with van der Waals surface area (Å²) in [4.78, 5) is 11.2. The van der Waals surface area contributed by atoms with Crippen LogP contribution in [0.5, 0.6) is 0 Å². The van der Waals surface area contributed by atoms with Gasteiger partial charge in [0.05, 0.1) is 18.0 Å². The van der Waals surface area contributed by atoms with E-state index in [-0.39, 0.29) is 11.4 Å². The number of halogens is 1. The van der Waals surface area contributed by atoms with Crippen LogP contribution >= 0.6 is 0 Å². The van der Waals surface area contributed by atoms with E-state index in [1.807, 2.05) is 0 Å². The molecule has 8 heteroatoms. The van der Waals surface area contributed by atoms with E-state index in [9.17, 15) is 17.6 Å². The summed E-state index contributed by atoms with van der Waals surface area (Å²) in [5.74, 6) is -1.13. The Bertz CT molecular complexity index is 555. The predicted molar refractivity (Wildman–Crippen MR) is 71.2 cm³/mol. The number of sulfonamides is 1. The van der Waals surface area contributed by atoms with Gasteiger partial charge in [-0.2, -0.15) is 0 Å². The maximum Gasteiger partial charge on any atom is 0.241 e. The summed E-state index contributed by atoms with van der Waals surface area (Å²) in [7, 11) is -2.43. The number of benzene rings is 1. The lowest BCUT2D eigenvalue weighted by Gasteiger charge is -2.08. The van der Waals surface area contributed by atoms with Crippen LogP contribution in [0.4, 0.5) is 4.39 Å². The molecule has 0 aliphatic carbocycles. The molecule has 20 heavy (non-hydrogen) atoms. The Labute approximate surface area is 117 Å². The third-order valence-corrected chi connectivity index (χ3v) is 3.76. The number of rotatable bonds is 7. The Morgan fingerprint density at radius 1 is 1.35 bits per heavy atom. The van der Waals surface area contributed by atoms with Crippen molar-refractivity contribution in [2.24, 2.45) is 0 Å². The predicted octanol–water partition coefficient (Wildman–Crippen LogP) is 0.175. The van der Waals surface area contributed by atoms with Crippen LogP contribution < -0.4 is 10.0 Å². The van der Waals surface area contributed by atoms with Crippen LogP contribution in [0.3, 0.4) is 0 Å². The Kier molecular flexibility index (Phi) is 6.05. The summed E-state index contributed by atoms with van der Waals surface area (Å²) in [6, 6.07) is 3.45. The third-order valence-electron chi connectivity index (χ3n) is 2.38. The molecule has 0 aromatic heterocycles. The van der Waals surface area contributed by atoms with Crippen molar-refractivity contribution in [3.05, 3.63) is 29.6 Å². The maximum absolute atomic E-state index is 13.2. The molecule has 1 aromatic carbocycles. The van der Waals surface area contributed by atoms with Gasteiger partial charge < -0.3 is 10.1 Å². The van der Waals surface area contributed by atoms with Crippen molar-refractivity contribution in [2.45, 2.75) is 11.8 Å². The van der Waals surface area contributed by atoms with E-state index < -0.39 is 28.3 Å². The fourth-order valence-electron chi connectivity index (χ4n) is 1.46. The smallest absolute Gasteiger partial charge is 0.241 e. The Morgan fingerprint density at radius 3 is 2.65 bits per heavy atom. The van der Waals surface area contributed by atoms with Crippen molar-refractivity contribution < 1.29 is 22.3 Å². The summed E-state index contributed by atoms with van der Waals surface area (Å²) in [5.41, 5.74) is 0.481. The highest BCUT2D eigenvalue weighted by atomic mass is 32.2. The molecule has 0 aliphatic heterocycles. The molecule has 2 N–H and O–H groups in total. The van der Waals surface area contributed by atoms with Crippen molar-refractivity contribution in [1.82, 2.24) is 10.0 Å². The summed E-state index contributed by atoms with van der Waals surface area (Å²) in [5, 5.41) is 2.47. The molecule has 0 heterocycles. The molecule has 1 rings (SSSR count). The second kappa shape index (κ2) is 7.32. The zero-order valence-electron chi connectivity index (χ0n) is 11.3. The zero-order valence-corrected chi connectivity index (χ0v) is 12.1. The minimum absolute atomic E-state index is 0.209. The molecule has 0 radical (unpaired) electrons. The van der Waals surface area contributed by atoms with Gasteiger partial charge in [0.2, 0.25) is 15.9 Å². The summed E-state index contributed by atoms with van der Waals surface area (Å²) in [6.45, 7) is 1.79. The Morgan fingerprint density at radius 2 is 2.05 bits per heavy atom. The molecular formula is C12H17FN2O4S. The number of aryl methyl sites for hydroxylation is 1. The van der Waals surface area contributed by atoms with Crippen LogP contribution in [0.25, 0.3) is 0 Å². The average Bonchev–Trinajstić information content (AvgIpc) is 2.36. The first-order valence-electron chi connectivity index (χ1n) is 5.87. The molecule has 6 nitrogen and oxygen atoms in total. The van der Waals surface area contributed by atoms with E-state index in [1.54, 1.807) is 6.92 Å². The van der Waals surface area contributed by atoms with E-state index >= 15 is 0 Å². The van der Waals surface area contributed by atoms with Crippen LogP contribution in [-0.4, -0.2) is 41.1 Å². The molecule has 0 aliphatic rings. The lowest BCUT2D eigenvalue weighted by Crippen LogP contribution is -2.38. The van der Waals surface area contributed by atoms with Gasteiger partial charge in [-0.15, -0.1) is 0 Å². The first kappa shape index (κ1) is 16.5. The number of amides is 1. The van der Waals surface area contributed by atoms with Gasteiger partial charge in [-0.1, -0.05) is 0 Å². The van der Waals surface area contributed by atoms with Crippen molar-refractivity contribution in [3.8, 4) is 0 Å². The van der Waals surface area contributed by atoms with Crippen molar-refractivity contribution in [1.29, 1.82) is 0 Å². The molecule has 0 atom stereocenters. The van der Waals surface area contributed by atoms with Gasteiger partial charge in [-0.25, -0.2) is 17.5 Å². The van der Waals surface area contributed by atoms with E-state index in [1.165, 1.54) is 19.2 Å². The highest BCUT2D eigenvalue weighted by Gasteiger charge is 2.16. The van der Waals surface area contributed by atoms with Gasteiger partial charge in [0.1, 0.15) is 5.82 Å². The van der Waals surface area contributed by atoms with E-state index in [0.717, 1.165) is 6.07 Å². The minimum atomic E-state index is -3.91. The van der Waals surface area contributed by atoms with E-state index in [0.29, 0.717) is 12.2 Å². The van der Waals surface area contributed by atoms with Crippen molar-refractivity contribution in [2.75, 3.05) is 26.8 Å². The number of carbonyl (C=O) groups excluding carboxylic acids is 1. The molecular weight excluding hydrogens is 287 g/mol. The van der Waals surface area contributed by atoms with Gasteiger partial charge >= 0.3 is 0 Å². The van der Waals surface area contributed by atoms with Crippen LogP contribution in [0.15, 0.2) is 23.1 Å². The van der Waals surface area contributed by atoms with E-state index in [2.05, 4.69) is 10.0 Å². The van der Waals surface area contributed by atoms with Gasteiger partial charge in [0.25, 0.3) is 0 Å². The van der Waals surface area contributed by atoms with Crippen LogP contribution in [0.1, 0.15) is 5.56 Å². The number of nitrogens with one attached hydrogen (secondary N) is 2. The number of carbonyl (C=O) groups is 1. The molecule has 0 bridgehead atoms. The monoisotopic (exact) mass is 304 g/mol. The topological polar surface area (TPSA) is 84.5 Å². The second-order valence-electron chi connectivity index (χ2n) is 4.13. The molecule has 0 fully saturated rings. The minimum Gasteiger partial charge on any atom is -0.383 e. The number of hydrogen-bond acceptors (Lipinski definition) is 4. The normalized spacial score (nSPS) is 11.3. The maximum atomic E-state index is 13.2. The van der Waals surface area contributed by atoms with Crippen LogP contribution in [-0.2, 0) is 19.6 Å². The quantitative estimate of drug-likeness (QED) is 0.704. The molecule has 0 saturated carbocycles. The fraction of sp³-hybridized carbons (Fsp3) is 0.417. The fourth-order valence-corrected chi connectivity index (χ4v) is 2.55. The SMILES string of the molecule is COCCNC(=O)CNS(=O)(=O)c1cc(C)cc(F)c1. The van der Waals surface area contributed by atoms with Gasteiger partial charge in [0, 0.05) is 13.7 Å². The lowest BCUT2D eigenvalue weighted by atomic mass is 10.2. The largest absolute Gasteiger partial charge is 0.383 e. The van der Waals surface area contributed by atoms with Gasteiger partial charge in [-0.05, 0) is 30.7 Å². The van der Waals surface area contributed by atoms with Gasteiger partial charge in [0.15, 0.2) is 0 Å². The third kappa shape index (κ3) is 5.24. The molecule has 0 saturated heterocycles. The summed E-state index contributed by atoms with van der Waals surface area (Å²) >= 11 is 0. The first-order chi connectivity index (χ1) is 9.35. The summed E-state index contributed by atoms with van der Waals surface area (Å²) < 4.78 is 43.8. The summed E-state index contributed by atoms with van der Waals surface area (Å²) in [6.07, 6.45) is 0. The number of hydrogen-bond donors (Lipinski definition) is 2. The van der Waals surface area contributed by atoms with Crippen LogP contribution in [0.2, 0.25) is 0 Å². The number of methoxy groups -OCH3 is 1. The Hall–Kier alpha value is -1.51. The van der Waals surface area contributed by atoms with E-state index in [4.69, 9.17) is 4.74 Å². The first-order valence-corrected chi connectivity index (χ1v) is 7.36. The lowest BCUT2D eigenvalue weighted by molar-refractivity contribution is -0.120. The van der Waals surface area contributed by atoms with Crippen LogP contribution in [0, 0.1) is 12.7 Å². The highest BCUT2D eigenvalue weighted by Crippen LogP contribution is 2.13. The Balaban J connectivity index is 2.64. The average molecular weight is 304 g/mol. The molecule has 112 valence electrons. The molecule has 0 unspecified atom stereocenters.